The molecule has 2 N–H and O–H groups in total. The fraction of sp³-hybridized carbons (Fsp3) is 0.688. The van der Waals surface area contributed by atoms with Gasteiger partial charge in [0.25, 0.3) is 0 Å². The number of nitrogens with zero attached hydrogens (tertiary/aromatic N) is 3. The Hall–Kier alpha value is -1.83. The SMILES string of the molecule is CN=C(NCCc1csc(C)n1)NCCN(C)C(=O)OC(C)(C)C. The number of carbonyl (C=O) groups is 1. The van der Waals surface area contributed by atoms with E-state index in [1.165, 1.54) is 0 Å². The van der Waals surface area contributed by atoms with E-state index in [1.54, 1.807) is 30.3 Å². The number of hydrogen-bond acceptors (Lipinski definition) is 5. The molecule has 1 rings (SSSR count). The van der Waals surface area contributed by atoms with Crippen LogP contribution in [0, 0.1) is 6.92 Å². The Labute approximate surface area is 148 Å². The van der Waals surface area contributed by atoms with Crippen LogP contribution < -0.4 is 10.6 Å². The third-order valence-corrected chi connectivity index (χ3v) is 3.83. The summed E-state index contributed by atoms with van der Waals surface area (Å²) >= 11 is 1.66. The van der Waals surface area contributed by atoms with Crippen LogP contribution in [-0.4, -0.2) is 61.3 Å². The fourth-order valence-electron chi connectivity index (χ4n) is 1.83. The van der Waals surface area contributed by atoms with Crippen LogP contribution in [0.1, 0.15) is 31.5 Å². The van der Waals surface area contributed by atoms with E-state index in [1.807, 2.05) is 27.7 Å². The van der Waals surface area contributed by atoms with Gasteiger partial charge in [-0.25, -0.2) is 9.78 Å². The van der Waals surface area contributed by atoms with Crippen molar-refractivity contribution in [1.29, 1.82) is 0 Å². The lowest BCUT2D eigenvalue weighted by molar-refractivity contribution is 0.0302. The molecular weight excluding hydrogens is 326 g/mol. The van der Waals surface area contributed by atoms with Crippen molar-refractivity contribution in [1.82, 2.24) is 20.5 Å². The first-order valence-electron chi connectivity index (χ1n) is 8.01. The summed E-state index contributed by atoms with van der Waals surface area (Å²) in [5.74, 6) is 0.708. The van der Waals surface area contributed by atoms with Gasteiger partial charge in [0.15, 0.2) is 5.96 Å². The van der Waals surface area contributed by atoms with E-state index in [9.17, 15) is 4.79 Å². The zero-order valence-electron chi connectivity index (χ0n) is 15.5. The predicted octanol–water partition coefficient (Wildman–Crippen LogP) is 2.03. The summed E-state index contributed by atoms with van der Waals surface area (Å²) in [6, 6.07) is 0. The van der Waals surface area contributed by atoms with Crippen LogP contribution in [0.3, 0.4) is 0 Å². The Morgan fingerprint density at radius 2 is 2.04 bits per heavy atom. The number of thiazole rings is 1. The first-order valence-corrected chi connectivity index (χ1v) is 8.89. The summed E-state index contributed by atoms with van der Waals surface area (Å²) in [5, 5.41) is 9.57. The molecule has 0 aliphatic carbocycles. The maximum absolute atomic E-state index is 11.9. The van der Waals surface area contributed by atoms with Crippen LogP contribution >= 0.6 is 11.3 Å². The number of aromatic nitrogens is 1. The number of likely N-dealkylation sites (N-methyl/N-ethyl adjacent to an activating group) is 1. The molecule has 1 aromatic heterocycles. The Morgan fingerprint density at radius 3 is 2.58 bits per heavy atom. The summed E-state index contributed by atoms with van der Waals surface area (Å²) in [5.41, 5.74) is 0.606. The zero-order valence-corrected chi connectivity index (χ0v) is 16.3. The number of rotatable bonds is 6. The average molecular weight is 356 g/mol. The van der Waals surface area contributed by atoms with Crippen molar-refractivity contribution in [2.45, 2.75) is 39.7 Å². The van der Waals surface area contributed by atoms with Gasteiger partial charge in [0.2, 0.25) is 0 Å². The van der Waals surface area contributed by atoms with E-state index >= 15 is 0 Å². The number of nitrogens with one attached hydrogen (secondary N) is 2. The van der Waals surface area contributed by atoms with Crippen LogP contribution in [0.15, 0.2) is 10.4 Å². The van der Waals surface area contributed by atoms with Crippen LogP contribution in [0.25, 0.3) is 0 Å². The highest BCUT2D eigenvalue weighted by atomic mass is 32.1. The highest BCUT2D eigenvalue weighted by Gasteiger charge is 2.19. The second-order valence-electron chi connectivity index (χ2n) is 6.44. The van der Waals surface area contributed by atoms with Crippen molar-refractivity contribution >= 4 is 23.4 Å². The van der Waals surface area contributed by atoms with E-state index in [2.05, 4.69) is 26.0 Å². The van der Waals surface area contributed by atoms with Gasteiger partial charge in [-0.3, -0.25) is 4.99 Å². The molecule has 0 aliphatic heterocycles. The van der Waals surface area contributed by atoms with E-state index < -0.39 is 5.60 Å². The lowest BCUT2D eigenvalue weighted by atomic mass is 10.2. The van der Waals surface area contributed by atoms with Gasteiger partial charge in [0.1, 0.15) is 5.60 Å². The van der Waals surface area contributed by atoms with Gasteiger partial charge in [-0.1, -0.05) is 0 Å². The zero-order chi connectivity index (χ0) is 18.2. The van der Waals surface area contributed by atoms with Crippen LogP contribution in [0.5, 0.6) is 0 Å². The minimum Gasteiger partial charge on any atom is -0.444 e. The summed E-state index contributed by atoms with van der Waals surface area (Å²) in [6.07, 6.45) is 0.522. The van der Waals surface area contributed by atoms with Crippen molar-refractivity contribution in [2.75, 3.05) is 33.7 Å². The monoisotopic (exact) mass is 355 g/mol. The van der Waals surface area contributed by atoms with Crippen LogP contribution in [0.4, 0.5) is 4.79 Å². The van der Waals surface area contributed by atoms with Gasteiger partial charge in [-0.2, -0.15) is 0 Å². The third kappa shape index (κ3) is 8.14. The van der Waals surface area contributed by atoms with Crippen molar-refractivity contribution in [3.63, 3.8) is 0 Å². The number of amides is 1. The first kappa shape index (κ1) is 20.2. The van der Waals surface area contributed by atoms with Gasteiger partial charge in [0, 0.05) is 45.5 Å². The predicted molar refractivity (Wildman–Crippen MR) is 98.8 cm³/mol. The molecule has 0 atom stereocenters. The molecule has 0 radical (unpaired) electrons. The number of ether oxygens (including phenoxy) is 1. The molecular formula is C16H29N5O2S. The Balaban J connectivity index is 2.25. The van der Waals surface area contributed by atoms with Crippen molar-refractivity contribution < 1.29 is 9.53 Å². The molecule has 8 heteroatoms. The highest BCUT2D eigenvalue weighted by Crippen LogP contribution is 2.09. The van der Waals surface area contributed by atoms with Gasteiger partial charge in [-0.05, 0) is 27.7 Å². The molecule has 1 aromatic rings. The molecule has 0 unspecified atom stereocenters. The first-order chi connectivity index (χ1) is 11.2. The van der Waals surface area contributed by atoms with Gasteiger partial charge in [-0.15, -0.1) is 11.3 Å². The molecule has 1 amide bonds. The van der Waals surface area contributed by atoms with Crippen LogP contribution in [0.2, 0.25) is 0 Å². The molecule has 7 nitrogen and oxygen atoms in total. The lowest BCUT2D eigenvalue weighted by Gasteiger charge is -2.24. The molecule has 0 saturated carbocycles. The maximum Gasteiger partial charge on any atom is 0.410 e. The Kier molecular flexibility index (Phi) is 7.97. The summed E-state index contributed by atoms with van der Waals surface area (Å²) < 4.78 is 5.31. The molecule has 24 heavy (non-hydrogen) atoms. The molecule has 0 aromatic carbocycles. The van der Waals surface area contributed by atoms with Gasteiger partial charge in [0.05, 0.1) is 10.7 Å². The minimum absolute atomic E-state index is 0.328. The fourth-order valence-corrected chi connectivity index (χ4v) is 2.47. The molecule has 0 aliphatic rings. The lowest BCUT2D eigenvalue weighted by Crippen LogP contribution is -2.43. The second kappa shape index (κ2) is 9.46. The van der Waals surface area contributed by atoms with Crippen molar-refractivity contribution in [3.8, 4) is 0 Å². The largest absolute Gasteiger partial charge is 0.444 e. The Morgan fingerprint density at radius 1 is 1.38 bits per heavy atom. The number of aliphatic imine (C=N–C) groups is 1. The number of carbonyl (C=O) groups excluding carboxylic acids is 1. The van der Waals surface area contributed by atoms with Crippen LogP contribution in [-0.2, 0) is 11.2 Å². The standard InChI is InChI=1S/C16H29N5O2S/c1-12-20-13(11-24-12)7-8-18-14(17-5)19-9-10-21(6)15(22)23-16(2,3)4/h11H,7-10H2,1-6H3,(H2,17,18,19). The third-order valence-electron chi connectivity index (χ3n) is 3.01. The smallest absolute Gasteiger partial charge is 0.410 e. The molecule has 136 valence electrons. The molecule has 0 spiro atoms. The van der Waals surface area contributed by atoms with E-state index in [-0.39, 0.29) is 6.09 Å². The maximum atomic E-state index is 11.9. The van der Waals surface area contributed by atoms with Gasteiger partial charge >= 0.3 is 6.09 Å². The quantitative estimate of drug-likeness (QED) is 0.603. The van der Waals surface area contributed by atoms with Crippen molar-refractivity contribution in [2.24, 2.45) is 4.99 Å². The average Bonchev–Trinajstić information content (AvgIpc) is 2.89. The topological polar surface area (TPSA) is 78.9 Å². The summed E-state index contributed by atoms with van der Waals surface area (Å²) in [4.78, 5) is 22.0. The molecule has 0 bridgehead atoms. The summed E-state index contributed by atoms with van der Waals surface area (Å²) in [6.45, 7) is 9.44. The minimum atomic E-state index is -0.482. The highest BCUT2D eigenvalue weighted by molar-refractivity contribution is 7.09. The summed E-state index contributed by atoms with van der Waals surface area (Å²) in [7, 11) is 3.44. The molecule has 0 saturated heterocycles. The molecule has 0 fully saturated rings. The normalized spacial score (nSPS) is 12.0. The second-order valence-corrected chi connectivity index (χ2v) is 7.50. The van der Waals surface area contributed by atoms with E-state index in [0.717, 1.165) is 23.7 Å². The van der Waals surface area contributed by atoms with Crippen molar-refractivity contribution in [3.05, 3.63) is 16.1 Å². The molecule has 1 heterocycles. The number of hydrogen-bond donors (Lipinski definition) is 2. The number of aryl methyl sites for hydroxylation is 1. The Bertz CT molecular complexity index is 551. The van der Waals surface area contributed by atoms with Gasteiger partial charge < -0.3 is 20.3 Å². The van der Waals surface area contributed by atoms with E-state index in [4.69, 9.17) is 4.74 Å². The van der Waals surface area contributed by atoms with E-state index in [0.29, 0.717) is 19.0 Å². The number of guanidine groups is 1.